The predicted molar refractivity (Wildman–Crippen MR) is 74.4 cm³/mol. The van der Waals surface area contributed by atoms with Gasteiger partial charge in [-0.2, -0.15) is 4.57 Å². The lowest BCUT2D eigenvalue weighted by Gasteiger charge is -2.02. The lowest BCUT2D eigenvalue weighted by atomic mass is 10.1. The van der Waals surface area contributed by atoms with Crippen LogP contribution in [0.15, 0.2) is 66.9 Å². The van der Waals surface area contributed by atoms with Crippen LogP contribution >= 0.6 is 0 Å². The lowest BCUT2D eigenvalue weighted by Crippen LogP contribution is -3.00. The summed E-state index contributed by atoms with van der Waals surface area (Å²) < 4.78 is 2.30. The molecule has 0 saturated carbocycles. The number of aromatic nitrogens is 1. The van der Waals surface area contributed by atoms with Gasteiger partial charge in [0.05, 0.1) is 0 Å². The van der Waals surface area contributed by atoms with Gasteiger partial charge in [-0.15, -0.1) is 0 Å². The van der Waals surface area contributed by atoms with Crippen LogP contribution in [0.2, 0.25) is 0 Å². The van der Waals surface area contributed by atoms with E-state index in [4.69, 9.17) is 0 Å². The zero-order valence-electron chi connectivity index (χ0n) is 10.9. The molecule has 2 heteroatoms. The Morgan fingerprint density at radius 1 is 0.895 bits per heavy atom. The highest BCUT2D eigenvalue weighted by atomic mass is 127. The molecule has 2 aromatic carbocycles. The van der Waals surface area contributed by atoms with Crippen molar-refractivity contribution in [3.05, 3.63) is 78.0 Å². The van der Waals surface area contributed by atoms with Crippen molar-refractivity contribution in [2.24, 2.45) is 0 Å². The molecule has 1 heterocycles. The summed E-state index contributed by atoms with van der Waals surface area (Å²) in [6.07, 6.45) is 2.14. The van der Waals surface area contributed by atoms with E-state index in [0.29, 0.717) is 0 Å². The minimum absolute atomic E-state index is 0. The molecule has 0 aliphatic heterocycles. The second-order valence-electron chi connectivity index (χ2n) is 4.68. The Morgan fingerprint density at radius 2 is 1.68 bits per heavy atom. The molecule has 1 aromatic heterocycles. The van der Waals surface area contributed by atoms with E-state index < -0.39 is 0 Å². The third-order valence-electron chi connectivity index (χ3n) is 3.23. The first kappa shape index (κ1) is 14.0. The number of hydrogen-bond acceptors (Lipinski definition) is 0. The topological polar surface area (TPSA) is 3.88 Å². The Balaban J connectivity index is 0.00000133. The number of nitrogens with zero attached hydrogens (tertiary/aromatic N) is 1. The molecule has 3 rings (SSSR count). The molecule has 0 N–H and O–H groups in total. The molecule has 0 atom stereocenters. The fourth-order valence-corrected chi connectivity index (χ4v) is 2.32. The van der Waals surface area contributed by atoms with Gasteiger partial charge in [0.15, 0.2) is 12.7 Å². The van der Waals surface area contributed by atoms with Crippen LogP contribution in [0.4, 0.5) is 0 Å². The van der Waals surface area contributed by atoms with E-state index in [0.717, 1.165) is 6.54 Å². The van der Waals surface area contributed by atoms with E-state index >= 15 is 0 Å². The molecule has 0 saturated heterocycles. The fourth-order valence-electron chi connectivity index (χ4n) is 2.32. The maximum Gasteiger partial charge on any atom is 0.212 e. The summed E-state index contributed by atoms with van der Waals surface area (Å²) in [6, 6.07) is 21.5. The van der Waals surface area contributed by atoms with E-state index in [1.807, 2.05) is 0 Å². The number of benzene rings is 2. The highest BCUT2D eigenvalue weighted by Crippen LogP contribution is 2.12. The molecule has 96 valence electrons. The molecule has 0 radical (unpaired) electrons. The van der Waals surface area contributed by atoms with Crippen LogP contribution in [0.25, 0.3) is 10.9 Å². The smallest absolute Gasteiger partial charge is 0.212 e. The molecule has 0 fully saturated rings. The molecule has 0 amide bonds. The zero-order valence-corrected chi connectivity index (χ0v) is 13.0. The molecule has 0 unspecified atom stereocenters. The number of pyridine rings is 1. The average molecular weight is 361 g/mol. The van der Waals surface area contributed by atoms with Gasteiger partial charge in [-0.05, 0) is 19.1 Å². The van der Waals surface area contributed by atoms with Crippen LogP contribution in [-0.2, 0) is 6.54 Å². The van der Waals surface area contributed by atoms with Crippen LogP contribution < -0.4 is 28.5 Å². The summed E-state index contributed by atoms with van der Waals surface area (Å²) in [7, 11) is 0. The largest absolute Gasteiger partial charge is 1.00 e. The molecule has 1 nitrogen and oxygen atoms in total. The molecule has 0 bridgehead atoms. The molecule has 0 aliphatic carbocycles. The van der Waals surface area contributed by atoms with Gasteiger partial charge in [0.1, 0.15) is 0 Å². The molecule has 0 spiro atoms. The number of hydrogen-bond donors (Lipinski definition) is 0. The monoisotopic (exact) mass is 361 g/mol. The van der Waals surface area contributed by atoms with Crippen molar-refractivity contribution in [3.8, 4) is 0 Å². The van der Waals surface area contributed by atoms with Crippen molar-refractivity contribution in [1.29, 1.82) is 0 Å². The number of rotatable bonds is 2. The molecular formula is C17H16IN. The highest BCUT2D eigenvalue weighted by molar-refractivity contribution is 5.76. The number of halogens is 1. The van der Waals surface area contributed by atoms with Crippen molar-refractivity contribution in [3.63, 3.8) is 0 Å². The van der Waals surface area contributed by atoms with E-state index in [1.54, 1.807) is 0 Å². The summed E-state index contributed by atoms with van der Waals surface area (Å²) >= 11 is 0. The third-order valence-corrected chi connectivity index (χ3v) is 3.23. The first-order valence-corrected chi connectivity index (χ1v) is 6.26. The minimum atomic E-state index is 0. The van der Waals surface area contributed by atoms with E-state index in [2.05, 4.69) is 78.4 Å². The Hall–Kier alpha value is -1.42. The molecule has 0 aliphatic rings. The van der Waals surface area contributed by atoms with Gasteiger partial charge in [0, 0.05) is 23.1 Å². The summed E-state index contributed by atoms with van der Waals surface area (Å²) in [4.78, 5) is 0. The van der Waals surface area contributed by atoms with Crippen molar-refractivity contribution in [2.75, 3.05) is 0 Å². The first-order chi connectivity index (χ1) is 8.83. The number of fused-ring (bicyclic) bond motifs is 1. The third kappa shape index (κ3) is 3.13. The van der Waals surface area contributed by atoms with E-state index in [9.17, 15) is 0 Å². The van der Waals surface area contributed by atoms with Gasteiger partial charge >= 0.3 is 0 Å². The molecular weight excluding hydrogens is 345 g/mol. The van der Waals surface area contributed by atoms with E-state index in [1.165, 1.54) is 22.0 Å². The van der Waals surface area contributed by atoms with Gasteiger partial charge < -0.3 is 24.0 Å². The van der Waals surface area contributed by atoms with Crippen LogP contribution in [0, 0.1) is 6.92 Å². The van der Waals surface area contributed by atoms with Crippen LogP contribution in [-0.4, -0.2) is 0 Å². The number of aryl methyl sites for hydroxylation is 1. The zero-order chi connectivity index (χ0) is 12.4. The summed E-state index contributed by atoms with van der Waals surface area (Å²) in [5.41, 5.74) is 3.92. The Bertz CT molecular complexity index is 677. The minimum Gasteiger partial charge on any atom is -1.00 e. The van der Waals surface area contributed by atoms with Gasteiger partial charge in [-0.25, -0.2) is 0 Å². The maximum absolute atomic E-state index is 2.30. The summed E-state index contributed by atoms with van der Waals surface area (Å²) in [6.45, 7) is 3.05. The quantitative estimate of drug-likeness (QED) is 0.462. The normalized spacial score (nSPS) is 10.2. The molecule has 19 heavy (non-hydrogen) atoms. The SMILES string of the molecule is Cc1ccc2c(ccc[n+]2Cc2ccccc2)c1.[I-]. The van der Waals surface area contributed by atoms with Gasteiger partial charge in [0.25, 0.3) is 0 Å². The van der Waals surface area contributed by atoms with Crippen LogP contribution in [0.3, 0.4) is 0 Å². The highest BCUT2D eigenvalue weighted by Gasteiger charge is 2.08. The van der Waals surface area contributed by atoms with Gasteiger partial charge in [-0.1, -0.05) is 42.0 Å². The molecule has 3 aromatic rings. The van der Waals surface area contributed by atoms with Crippen LogP contribution in [0.1, 0.15) is 11.1 Å². The first-order valence-electron chi connectivity index (χ1n) is 6.26. The Labute approximate surface area is 130 Å². The standard InChI is InChI=1S/C17H16N.HI/c1-14-9-10-17-16(12-14)8-5-11-18(17)13-15-6-3-2-4-7-15;/h2-12H,13H2,1H3;1H/q+1;/p-1. The van der Waals surface area contributed by atoms with Crippen LogP contribution in [0.5, 0.6) is 0 Å². The Kier molecular flexibility index (Phi) is 4.53. The summed E-state index contributed by atoms with van der Waals surface area (Å²) in [5, 5.41) is 1.30. The van der Waals surface area contributed by atoms with Crippen molar-refractivity contribution >= 4 is 10.9 Å². The summed E-state index contributed by atoms with van der Waals surface area (Å²) in [5.74, 6) is 0. The van der Waals surface area contributed by atoms with Crippen molar-refractivity contribution in [2.45, 2.75) is 13.5 Å². The average Bonchev–Trinajstić information content (AvgIpc) is 2.40. The van der Waals surface area contributed by atoms with Crippen molar-refractivity contribution in [1.82, 2.24) is 0 Å². The van der Waals surface area contributed by atoms with Gasteiger partial charge in [0.2, 0.25) is 5.52 Å². The van der Waals surface area contributed by atoms with Crippen molar-refractivity contribution < 1.29 is 28.5 Å². The second-order valence-corrected chi connectivity index (χ2v) is 4.68. The maximum atomic E-state index is 2.30. The Morgan fingerprint density at radius 3 is 2.47 bits per heavy atom. The predicted octanol–water partition coefficient (Wildman–Crippen LogP) is 0.488. The second kappa shape index (κ2) is 6.15. The lowest BCUT2D eigenvalue weighted by molar-refractivity contribution is -0.662. The van der Waals surface area contributed by atoms with Gasteiger partial charge in [-0.3, -0.25) is 0 Å². The van der Waals surface area contributed by atoms with E-state index in [-0.39, 0.29) is 24.0 Å². The fraction of sp³-hybridized carbons (Fsp3) is 0.118.